The molecule has 1 atom stereocenters. The number of hydrogen-bond acceptors (Lipinski definition) is 8. The molecule has 42 heavy (non-hydrogen) atoms. The topological polar surface area (TPSA) is 138 Å². The smallest absolute Gasteiger partial charge is 0.408 e. The predicted molar refractivity (Wildman–Crippen MR) is 166 cm³/mol. The van der Waals surface area contributed by atoms with Crippen LogP contribution in [0.15, 0.2) is 53.9 Å². The first-order chi connectivity index (χ1) is 19.8. The second-order valence-corrected chi connectivity index (χ2v) is 12.2. The minimum atomic E-state index is -0.846. The number of ether oxygens (including phenoxy) is 2. The molecule has 0 aliphatic carbocycles. The van der Waals surface area contributed by atoms with Crippen molar-refractivity contribution in [1.82, 2.24) is 14.9 Å². The van der Waals surface area contributed by atoms with Crippen LogP contribution in [-0.4, -0.2) is 45.8 Å². The molecule has 2 aromatic carbocycles. The van der Waals surface area contributed by atoms with Gasteiger partial charge in [-0.25, -0.2) is 14.6 Å². The summed E-state index contributed by atoms with van der Waals surface area (Å²) >= 11 is 1.61. The lowest BCUT2D eigenvalue weighted by Gasteiger charge is -2.24. The average molecular weight is 592 g/mol. The number of nitrogen functional groups attached to an aromatic ring is 1. The highest BCUT2D eigenvalue weighted by Crippen LogP contribution is 2.30. The van der Waals surface area contributed by atoms with E-state index in [1.807, 2.05) is 61.1 Å². The summed E-state index contributed by atoms with van der Waals surface area (Å²) in [6.07, 6.45) is -0.674. The van der Waals surface area contributed by atoms with E-state index in [1.165, 1.54) is 0 Å². The van der Waals surface area contributed by atoms with E-state index in [-0.39, 0.29) is 18.4 Å². The number of amides is 2. The fourth-order valence-corrected chi connectivity index (χ4v) is 5.11. The van der Waals surface area contributed by atoms with Crippen molar-refractivity contribution in [2.45, 2.75) is 59.7 Å². The number of benzene rings is 2. The molecule has 10 nitrogen and oxygen atoms in total. The lowest BCUT2D eigenvalue weighted by atomic mass is 10.1. The van der Waals surface area contributed by atoms with Crippen LogP contribution >= 0.6 is 11.3 Å². The summed E-state index contributed by atoms with van der Waals surface area (Å²) in [5, 5.41) is 7.52. The van der Waals surface area contributed by atoms with E-state index in [0.717, 1.165) is 16.0 Å². The Morgan fingerprint density at radius 3 is 2.52 bits per heavy atom. The number of alkyl carbamates (subject to hydrolysis) is 1. The lowest BCUT2D eigenvalue weighted by Crippen LogP contribution is -2.47. The van der Waals surface area contributed by atoms with Crippen molar-refractivity contribution in [2.24, 2.45) is 5.92 Å². The number of fused-ring (bicyclic) bond motifs is 1. The molecule has 0 bridgehead atoms. The van der Waals surface area contributed by atoms with Gasteiger partial charge in [-0.15, -0.1) is 11.3 Å². The van der Waals surface area contributed by atoms with Gasteiger partial charge in [0.05, 0.1) is 29.0 Å². The van der Waals surface area contributed by atoms with Crippen molar-refractivity contribution >= 4 is 51.7 Å². The van der Waals surface area contributed by atoms with Gasteiger partial charge in [-0.1, -0.05) is 26.0 Å². The zero-order valence-electron chi connectivity index (χ0n) is 24.7. The van der Waals surface area contributed by atoms with Crippen LogP contribution in [0.2, 0.25) is 0 Å². The molecule has 222 valence electrons. The molecule has 2 heterocycles. The summed E-state index contributed by atoms with van der Waals surface area (Å²) in [4.78, 5) is 43.8. The van der Waals surface area contributed by atoms with Crippen LogP contribution in [-0.2, 0) is 20.8 Å². The Hall–Kier alpha value is -4.38. The standard InChI is InChI=1S/C31H37N5O5S/c1-18(2)27(35-30(39)41-31(4,5)6)29(38)40-14-13-36-19(3)33-24-17-21(10-12-25(24)36)28(37)34-23-16-20(9-11-22(23)32)26-8-7-15-42-26/h7-12,15-18,27H,13-14,32H2,1-6H3,(H,34,37)(H,35,39). The molecule has 2 amide bonds. The van der Waals surface area contributed by atoms with E-state index in [2.05, 4.69) is 15.6 Å². The summed E-state index contributed by atoms with van der Waals surface area (Å²) in [7, 11) is 0. The SMILES string of the molecule is Cc1nc2cc(C(=O)Nc3cc(-c4cccs4)ccc3N)ccc2n1CCOC(=O)C(NC(=O)OC(C)(C)C)C(C)C. The average Bonchev–Trinajstić information content (AvgIpc) is 3.55. The van der Waals surface area contributed by atoms with Crippen LogP contribution in [0.1, 0.15) is 50.8 Å². The number of nitrogens with zero attached hydrogens (tertiary/aromatic N) is 2. The number of rotatable bonds is 9. The maximum absolute atomic E-state index is 13.1. The third-order valence-electron chi connectivity index (χ3n) is 6.46. The third kappa shape index (κ3) is 7.47. The van der Waals surface area contributed by atoms with E-state index < -0.39 is 23.7 Å². The Morgan fingerprint density at radius 2 is 1.86 bits per heavy atom. The fourth-order valence-electron chi connectivity index (χ4n) is 4.39. The molecule has 0 aliphatic heterocycles. The fraction of sp³-hybridized carbons (Fsp3) is 0.355. The first-order valence-corrected chi connectivity index (χ1v) is 14.6. The van der Waals surface area contributed by atoms with Crippen molar-refractivity contribution in [3.63, 3.8) is 0 Å². The molecule has 4 rings (SSSR count). The number of esters is 1. The van der Waals surface area contributed by atoms with Gasteiger partial charge in [-0.2, -0.15) is 0 Å². The predicted octanol–water partition coefficient (Wildman–Crippen LogP) is 6.00. The van der Waals surface area contributed by atoms with Crippen molar-refractivity contribution in [3.05, 3.63) is 65.3 Å². The number of aromatic nitrogens is 2. The number of aryl methyl sites for hydroxylation is 1. The quantitative estimate of drug-likeness (QED) is 0.160. The molecule has 4 N–H and O–H groups in total. The molecule has 2 aromatic heterocycles. The van der Waals surface area contributed by atoms with E-state index in [1.54, 1.807) is 50.3 Å². The summed E-state index contributed by atoms with van der Waals surface area (Å²) in [5.41, 5.74) is 9.32. The van der Waals surface area contributed by atoms with Crippen LogP contribution < -0.4 is 16.4 Å². The van der Waals surface area contributed by atoms with E-state index >= 15 is 0 Å². The molecule has 0 aliphatic rings. The Labute approximate surface area is 249 Å². The van der Waals surface area contributed by atoms with Gasteiger partial charge in [0.25, 0.3) is 5.91 Å². The normalized spacial score (nSPS) is 12.3. The van der Waals surface area contributed by atoms with E-state index in [9.17, 15) is 14.4 Å². The molecule has 0 saturated carbocycles. The number of nitrogens with one attached hydrogen (secondary N) is 2. The largest absolute Gasteiger partial charge is 0.462 e. The van der Waals surface area contributed by atoms with Crippen LogP contribution in [0.3, 0.4) is 0 Å². The van der Waals surface area contributed by atoms with E-state index in [4.69, 9.17) is 15.2 Å². The van der Waals surface area contributed by atoms with Crippen LogP contribution in [0.5, 0.6) is 0 Å². The molecule has 4 aromatic rings. The first kappa shape index (κ1) is 30.6. The maximum Gasteiger partial charge on any atom is 0.408 e. The molecule has 1 unspecified atom stereocenters. The van der Waals surface area contributed by atoms with Gasteiger partial charge in [-0.05, 0) is 81.0 Å². The number of anilines is 2. The van der Waals surface area contributed by atoms with Gasteiger partial charge in [0.1, 0.15) is 24.1 Å². The zero-order chi connectivity index (χ0) is 30.6. The molecular weight excluding hydrogens is 554 g/mol. The summed E-state index contributed by atoms with van der Waals surface area (Å²) in [6, 6.07) is 14.0. The highest BCUT2D eigenvalue weighted by Gasteiger charge is 2.28. The lowest BCUT2D eigenvalue weighted by molar-refractivity contribution is -0.147. The second kappa shape index (κ2) is 12.6. The number of imidazole rings is 1. The minimum Gasteiger partial charge on any atom is -0.462 e. The Balaban J connectivity index is 1.41. The minimum absolute atomic E-state index is 0.0758. The molecule has 0 spiro atoms. The summed E-state index contributed by atoms with van der Waals surface area (Å²) < 4.78 is 12.7. The molecular formula is C31H37N5O5S. The number of nitrogens with two attached hydrogens (primary N) is 1. The van der Waals surface area contributed by atoms with Gasteiger partial charge in [-0.3, -0.25) is 4.79 Å². The Kier molecular flexibility index (Phi) is 9.20. The number of carbonyl (C=O) groups is 3. The zero-order valence-corrected chi connectivity index (χ0v) is 25.5. The van der Waals surface area contributed by atoms with E-state index in [0.29, 0.717) is 34.8 Å². The Morgan fingerprint density at radius 1 is 1.10 bits per heavy atom. The van der Waals surface area contributed by atoms with Crippen molar-refractivity contribution < 1.29 is 23.9 Å². The van der Waals surface area contributed by atoms with Gasteiger partial charge < -0.3 is 30.4 Å². The second-order valence-electron chi connectivity index (χ2n) is 11.3. The third-order valence-corrected chi connectivity index (χ3v) is 7.38. The highest BCUT2D eigenvalue weighted by molar-refractivity contribution is 7.13. The number of hydrogen-bond donors (Lipinski definition) is 3. The first-order valence-electron chi connectivity index (χ1n) is 13.7. The molecule has 11 heteroatoms. The van der Waals surface area contributed by atoms with Crippen LogP contribution in [0, 0.1) is 12.8 Å². The van der Waals surface area contributed by atoms with Gasteiger partial charge >= 0.3 is 12.1 Å². The van der Waals surface area contributed by atoms with Gasteiger partial charge in [0, 0.05) is 10.4 Å². The molecule has 0 radical (unpaired) electrons. The Bertz CT molecular complexity index is 1590. The molecule has 0 saturated heterocycles. The maximum atomic E-state index is 13.1. The summed E-state index contributed by atoms with van der Waals surface area (Å²) in [5.74, 6) is -0.331. The monoisotopic (exact) mass is 591 g/mol. The van der Waals surface area contributed by atoms with Crippen LogP contribution in [0.4, 0.5) is 16.2 Å². The van der Waals surface area contributed by atoms with Crippen molar-refractivity contribution in [2.75, 3.05) is 17.7 Å². The van der Waals surface area contributed by atoms with Crippen LogP contribution in [0.25, 0.3) is 21.5 Å². The van der Waals surface area contributed by atoms with Crippen molar-refractivity contribution in [1.29, 1.82) is 0 Å². The molecule has 0 fully saturated rings. The van der Waals surface area contributed by atoms with Gasteiger partial charge in [0.2, 0.25) is 0 Å². The van der Waals surface area contributed by atoms with Crippen molar-refractivity contribution in [3.8, 4) is 10.4 Å². The summed E-state index contributed by atoms with van der Waals surface area (Å²) in [6.45, 7) is 11.2. The highest BCUT2D eigenvalue weighted by atomic mass is 32.1. The van der Waals surface area contributed by atoms with Gasteiger partial charge in [0.15, 0.2) is 0 Å². The number of thiophene rings is 1. The number of carbonyl (C=O) groups excluding carboxylic acids is 3.